The largest absolute Gasteiger partial charge is 0.349 e. The van der Waals surface area contributed by atoms with Crippen LogP contribution in [-0.4, -0.2) is 21.2 Å². The molecule has 0 aliphatic heterocycles. The van der Waals surface area contributed by atoms with Crippen LogP contribution in [0.15, 0.2) is 72.1 Å². The van der Waals surface area contributed by atoms with Crippen LogP contribution >= 0.6 is 11.8 Å². The molecule has 3 aromatic rings. The van der Waals surface area contributed by atoms with Crippen LogP contribution in [0.25, 0.3) is 11.1 Å². The zero-order chi connectivity index (χ0) is 17.6. The van der Waals surface area contributed by atoms with Crippen LogP contribution < -0.4 is 5.32 Å². The lowest BCUT2D eigenvalue weighted by Gasteiger charge is -2.15. The van der Waals surface area contributed by atoms with Crippen LogP contribution in [0.3, 0.4) is 0 Å². The summed E-state index contributed by atoms with van der Waals surface area (Å²) in [5.41, 5.74) is 3.46. The Kier molecular flexibility index (Phi) is 5.56. The molecule has 2 aromatic carbocycles. The van der Waals surface area contributed by atoms with E-state index in [1.807, 2.05) is 42.9 Å². The maximum absolute atomic E-state index is 12.2. The van der Waals surface area contributed by atoms with Crippen LogP contribution in [0.1, 0.15) is 18.5 Å². The van der Waals surface area contributed by atoms with E-state index in [-0.39, 0.29) is 11.9 Å². The molecule has 0 radical (unpaired) electrons. The third kappa shape index (κ3) is 4.51. The van der Waals surface area contributed by atoms with E-state index < -0.39 is 0 Å². The average molecular weight is 351 g/mol. The first-order chi connectivity index (χ1) is 12.1. The summed E-state index contributed by atoms with van der Waals surface area (Å²) in [5.74, 6) is 0.365. The summed E-state index contributed by atoms with van der Waals surface area (Å²) in [6.07, 6.45) is 3.61. The molecule has 0 bridgehead atoms. The molecular formula is C20H21N3OS. The van der Waals surface area contributed by atoms with Crippen LogP contribution in [0.2, 0.25) is 0 Å². The Morgan fingerprint density at radius 2 is 1.80 bits per heavy atom. The van der Waals surface area contributed by atoms with E-state index >= 15 is 0 Å². The number of imidazole rings is 1. The molecule has 0 aliphatic rings. The van der Waals surface area contributed by atoms with Gasteiger partial charge in [-0.3, -0.25) is 4.79 Å². The molecule has 25 heavy (non-hydrogen) atoms. The van der Waals surface area contributed by atoms with E-state index in [4.69, 9.17) is 0 Å². The van der Waals surface area contributed by atoms with E-state index in [1.165, 1.54) is 22.9 Å². The Morgan fingerprint density at radius 3 is 2.44 bits per heavy atom. The maximum atomic E-state index is 12.2. The van der Waals surface area contributed by atoms with E-state index in [2.05, 4.69) is 46.7 Å². The van der Waals surface area contributed by atoms with Crippen molar-refractivity contribution in [2.45, 2.75) is 18.1 Å². The van der Waals surface area contributed by atoms with Gasteiger partial charge in [-0.2, -0.15) is 0 Å². The normalized spacial score (nSPS) is 11.9. The summed E-state index contributed by atoms with van der Waals surface area (Å²) in [7, 11) is 1.92. The van der Waals surface area contributed by atoms with Crippen molar-refractivity contribution in [1.82, 2.24) is 14.9 Å². The molecule has 1 aromatic heterocycles. The van der Waals surface area contributed by atoms with E-state index in [9.17, 15) is 4.79 Å². The van der Waals surface area contributed by atoms with Gasteiger partial charge in [-0.15, -0.1) is 0 Å². The molecule has 1 N–H and O–H groups in total. The number of hydrogen-bond acceptors (Lipinski definition) is 3. The number of thioether (sulfide) groups is 1. The minimum Gasteiger partial charge on any atom is -0.349 e. The number of aromatic nitrogens is 2. The van der Waals surface area contributed by atoms with Crippen molar-refractivity contribution in [3.8, 4) is 11.1 Å². The number of carbonyl (C=O) groups excluding carboxylic acids is 1. The minimum absolute atomic E-state index is 0.00707. The second kappa shape index (κ2) is 8.03. The van der Waals surface area contributed by atoms with Gasteiger partial charge in [-0.05, 0) is 23.6 Å². The molecule has 0 spiro atoms. The quantitative estimate of drug-likeness (QED) is 0.681. The lowest BCUT2D eigenvalue weighted by atomic mass is 10.0. The summed E-state index contributed by atoms with van der Waals surface area (Å²) < 4.78 is 1.91. The van der Waals surface area contributed by atoms with Gasteiger partial charge < -0.3 is 9.88 Å². The van der Waals surface area contributed by atoms with Gasteiger partial charge in [0, 0.05) is 19.4 Å². The fourth-order valence-corrected chi connectivity index (χ4v) is 3.33. The number of nitrogens with zero attached hydrogens (tertiary/aromatic N) is 2. The second-order valence-corrected chi connectivity index (χ2v) is 6.83. The molecule has 0 saturated carbocycles. The smallest absolute Gasteiger partial charge is 0.230 e. The summed E-state index contributed by atoms with van der Waals surface area (Å²) >= 11 is 1.44. The van der Waals surface area contributed by atoms with Gasteiger partial charge in [0.2, 0.25) is 5.91 Å². The monoisotopic (exact) mass is 351 g/mol. The van der Waals surface area contributed by atoms with Crippen molar-refractivity contribution in [2.75, 3.05) is 5.75 Å². The molecule has 0 fully saturated rings. The first kappa shape index (κ1) is 17.3. The number of carbonyl (C=O) groups is 1. The van der Waals surface area contributed by atoms with Crippen molar-refractivity contribution in [1.29, 1.82) is 0 Å². The Bertz CT molecular complexity index is 828. The van der Waals surface area contributed by atoms with Gasteiger partial charge in [-0.1, -0.05) is 66.4 Å². The van der Waals surface area contributed by atoms with E-state index in [0.29, 0.717) is 5.75 Å². The Balaban J connectivity index is 1.56. The number of nitrogens with one attached hydrogen (secondary N) is 1. The number of amides is 1. The van der Waals surface area contributed by atoms with Gasteiger partial charge in [0.05, 0.1) is 11.8 Å². The zero-order valence-electron chi connectivity index (χ0n) is 14.3. The lowest BCUT2D eigenvalue weighted by Crippen LogP contribution is -2.28. The van der Waals surface area contributed by atoms with Crippen molar-refractivity contribution < 1.29 is 4.79 Å². The Morgan fingerprint density at radius 1 is 1.12 bits per heavy atom. The van der Waals surface area contributed by atoms with Crippen LogP contribution in [-0.2, 0) is 11.8 Å². The molecule has 1 heterocycles. The molecule has 0 aliphatic carbocycles. The van der Waals surface area contributed by atoms with Crippen molar-refractivity contribution in [3.63, 3.8) is 0 Å². The van der Waals surface area contributed by atoms with Crippen molar-refractivity contribution in [2.24, 2.45) is 7.05 Å². The fraction of sp³-hybridized carbons (Fsp3) is 0.200. The number of benzene rings is 2. The highest BCUT2D eigenvalue weighted by molar-refractivity contribution is 7.99. The van der Waals surface area contributed by atoms with Gasteiger partial charge in [0.25, 0.3) is 0 Å². The highest BCUT2D eigenvalue weighted by Gasteiger charge is 2.11. The average Bonchev–Trinajstić information content (AvgIpc) is 3.06. The second-order valence-electron chi connectivity index (χ2n) is 5.89. The lowest BCUT2D eigenvalue weighted by molar-refractivity contribution is -0.119. The highest BCUT2D eigenvalue weighted by atomic mass is 32.2. The Hall–Kier alpha value is -2.53. The molecule has 3 rings (SSSR count). The van der Waals surface area contributed by atoms with E-state index in [0.717, 1.165) is 10.7 Å². The third-order valence-electron chi connectivity index (χ3n) is 4.00. The molecule has 1 unspecified atom stereocenters. The summed E-state index contributed by atoms with van der Waals surface area (Å²) in [6, 6.07) is 18.6. The number of rotatable bonds is 6. The predicted octanol–water partition coefficient (Wildman–Crippen LogP) is 4.06. The number of aryl methyl sites for hydroxylation is 1. The van der Waals surface area contributed by atoms with Crippen LogP contribution in [0.5, 0.6) is 0 Å². The molecule has 1 atom stereocenters. The predicted molar refractivity (Wildman–Crippen MR) is 102 cm³/mol. The van der Waals surface area contributed by atoms with Gasteiger partial charge in [0.1, 0.15) is 0 Å². The highest BCUT2D eigenvalue weighted by Crippen LogP contribution is 2.22. The molecule has 0 saturated heterocycles. The molecule has 5 heteroatoms. The van der Waals surface area contributed by atoms with Gasteiger partial charge in [0.15, 0.2) is 5.16 Å². The fourth-order valence-electron chi connectivity index (χ4n) is 2.58. The van der Waals surface area contributed by atoms with Crippen molar-refractivity contribution in [3.05, 3.63) is 72.6 Å². The maximum Gasteiger partial charge on any atom is 0.230 e. The molecular weight excluding hydrogens is 330 g/mol. The number of hydrogen-bond donors (Lipinski definition) is 1. The standard InChI is InChI=1S/C20H21N3OS/c1-15(22-19(24)14-25-20-21-12-13-23(20)2)16-8-10-18(11-9-16)17-6-4-3-5-7-17/h3-13,15H,14H2,1-2H3,(H,22,24). The Labute approximate surface area is 152 Å². The van der Waals surface area contributed by atoms with E-state index in [1.54, 1.807) is 6.20 Å². The summed E-state index contributed by atoms with van der Waals surface area (Å²) in [6.45, 7) is 2.00. The molecule has 4 nitrogen and oxygen atoms in total. The third-order valence-corrected chi connectivity index (χ3v) is 5.06. The summed E-state index contributed by atoms with van der Waals surface area (Å²) in [5, 5.41) is 3.88. The first-order valence-corrected chi connectivity index (χ1v) is 9.17. The van der Waals surface area contributed by atoms with Crippen LogP contribution in [0.4, 0.5) is 0 Å². The topological polar surface area (TPSA) is 46.9 Å². The van der Waals surface area contributed by atoms with Crippen LogP contribution in [0, 0.1) is 0 Å². The van der Waals surface area contributed by atoms with Gasteiger partial charge in [-0.25, -0.2) is 4.98 Å². The minimum atomic E-state index is -0.0284. The molecule has 128 valence electrons. The van der Waals surface area contributed by atoms with Gasteiger partial charge >= 0.3 is 0 Å². The SMILES string of the molecule is CC(NC(=O)CSc1nccn1C)c1ccc(-c2ccccc2)cc1. The first-order valence-electron chi connectivity index (χ1n) is 8.18. The zero-order valence-corrected chi connectivity index (χ0v) is 15.2. The van der Waals surface area contributed by atoms with Crippen molar-refractivity contribution >= 4 is 17.7 Å². The summed E-state index contributed by atoms with van der Waals surface area (Å²) in [4.78, 5) is 16.4. The molecule has 1 amide bonds.